The molecule has 0 saturated heterocycles. The fourth-order valence-corrected chi connectivity index (χ4v) is 3.20. The van der Waals surface area contributed by atoms with E-state index >= 15 is 0 Å². The largest absolute Gasteiger partial charge is 0.491 e. The van der Waals surface area contributed by atoms with E-state index in [4.69, 9.17) is 37.6 Å². The van der Waals surface area contributed by atoms with Crippen molar-refractivity contribution in [2.24, 2.45) is 22.2 Å². The summed E-state index contributed by atoms with van der Waals surface area (Å²) in [6.45, 7) is -0.0400. The summed E-state index contributed by atoms with van der Waals surface area (Å²) in [6.07, 6.45) is -0.723. The lowest BCUT2D eigenvalue weighted by Crippen LogP contribution is -2.39. The van der Waals surface area contributed by atoms with Gasteiger partial charge in [-0.3, -0.25) is 19.8 Å². The van der Waals surface area contributed by atoms with E-state index in [2.05, 4.69) is 10.3 Å². The summed E-state index contributed by atoms with van der Waals surface area (Å²) in [5.74, 6) is -4.56. The van der Waals surface area contributed by atoms with Crippen molar-refractivity contribution in [2.45, 2.75) is 31.8 Å². The van der Waals surface area contributed by atoms with Gasteiger partial charge in [0.15, 0.2) is 5.96 Å². The average Bonchev–Trinajstić information content (AvgIpc) is 2.84. The number of nitrogens with two attached hydrogens (primary N) is 3. The highest BCUT2D eigenvalue weighted by molar-refractivity contribution is 6.33. The van der Waals surface area contributed by atoms with Gasteiger partial charge >= 0.3 is 11.9 Å². The molecule has 0 aliphatic heterocycles. The number of ketones is 1. The molecule has 10 N–H and O–H groups in total. The number of nitrogen functional groups attached to an aromatic ring is 1. The number of aliphatic carboxylic acids is 2. The van der Waals surface area contributed by atoms with Crippen molar-refractivity contribution < 1.29 is 34.1 Å². The highest BCUT2D eigenvalue weighted by Gasteiger charge is 2.20. The maximum absolute atomic E-state index is 12.9. The van der Waals surface area contributed by atoms with Crippen molar-refractivity contribution in [1.82, 2.24) is 5.32 Å². The zero-order valence-electron chi connectivity index (χ0n) is 19.8. The van der Waals surface area contributed by atoms with E-state index in [-0.39, 0.29) is 60.2 Å². The summed E-state index contributed by atoms with van der Waals surface area (Å²) >= 11 is 0. The van der Waals surface area contributed by atoms with Gasteiger partial charge in [-0.25, -0.2) is 9.79 Å². The summed E-state index contributed by atoms with van der Waals surface area (Å²) in [4.78, 5) is 50.7. The Balaban J connectivity index is 2.23. The molecule has 37 heavy (non-hydrogen) atoms. The van der Waals surface area contributed by atoms with Gasteiger partial charge in [-0.05, 0) is 30.2 Å². The molecule has 0 bridgehead atoms. The Labute approximate surface area is 211 Å². The first-order valence-electron chi connectivity index (χ1n) is 11.0. The lowest BCUT2D eigenvalue weighted by Gasteiger charge is -2.20. The van der Waals surface area contributed by atoms with E-state index in [9.17, 15) is 19.2 Å². The normalized spacial score (nSPS) is 11.1. The number of nitrogens with zero attached hydrogens (tertiary/aromatic N) is 1. The Hall–Kier alpha value is -4.94. The summed E-state index contributed by atoms with van der Waals surface area (Å²) in [6, 6.07) is 9.99. The minimum atomic E-state index is -1.62. The number of hydrogen-bond acceptors (Lipinski definition) is 7. The lowest BCUT2D eigenvalue weighted by molar-refractivity contribution is -0.148. The van der Waals surface area contributed by atoms with Crippen LogP contribution in [0.25, 0.3) is 0 Å². The maximum atomic E-state index is 12.9. The molecule has 0 aliphatic rings. The number of carbonyl (C=O) groups excluding carboxylic acids is 2. The van der Waals surface area contributed by atoms with Gasteiger partial charge in [-0.2, -0.15) is 0 Å². The molecule has 0 fully saturated rings. The zero-order valence-corrected chi connectivity index (χ0v) is 19.8. The molecular formula is C24H28N6O7. The predicted octanol–water partition coefficient (Wildman–Crippen LogP) is -0.0175. The number of nitrogens with one attached hydrogen (secondary N) is 2. The Morgan fingerprint density at radius 3 is 2.38 bits per heavy atom. The van der Waals surface area contributed by atoms with Gasteiger partial charge in [0.1, 0.15) is 18.2 Å². The van der Waals surface area contributed by atoms with E-state index in [0.717, 1.165) is 0 Å². The molecule has 2 aromatic carbocycles. The summed E-state index contributed by atoms with van der Waals surface area (Å²) in [5.41, 5.74) is 17.7. The minimum Gasteiger partial charge on any atom is -0.491 e. The van der Waals surface area contributed by atoms with Gasteiger partial charge in [-0.15, -0.1) is 0 Å². The van der Waals surface area contributed by atoms with Crippen LogP contribution >= 0.6 is 0 Å². The van der Waals surface area contributed by atoms with Crippen LogP contribution in [0.2, 0.25) is 0 Å². The molecule has 0 spiro atoms. The number of guanidine groups is 1. The van der Waals surface area contributed by atoms with Gasteiger partial charge < -0.3 is 37.5 Å². The number of benzene rings is 2. The van der Waals surface area contributed by atoms with Crippen LogP contribution in [-0.2, 0) is 27.3 Å². The van der Waals surface area contributed by atoms with Gasteiger partial charge in [0, 0.05) is 29.5 Å². The molecule has 0 radical (unpaired) electrons. The number of rotatable bonds is 14. The second-order valence-corrected chi connectivity index (χ2v) is 8.00. The van der Waals surface area contributed by atoms with Crippen LogP contribution in [0.3, 0.4) is 0 Å². The first-order valence-corrected chi connectivity index (χ1v) is 11.0. The summed E-state index contributed by atoms with van der Waals surface area (Å²) in [7, 11) is 0. The van der Waals surface area contributed by atoms with Crippen molar-refractivity contribution in [1.29, 1.82) is 5.41 Å². The van der Waals surface area contributed by atoms with Gasteiger partial charge in [0.05, 0.1) is 12.6 Å². The Morgan fingerprint density at radius 1 is 1.03 bits per heavy atom. The number of Topliss-reactive ketones (excluding diaryl/α,β-unsaturated/α-hetero) is 1. The Bertz CT molecular complexity index is 1220. The second-order valence-electron chi connectivity index (χ2n) is 8.00. The first-order chi connectivity index (χ1) is 17.5. The maximum Gasteiger partial charge on any atom is 0.372 e. The van der Waals surface area contributed by atoms with Crippen LogP contribution in [0.5, 0.6) is 5.75 Å². The summed E-state index contributed by atoms with van der Waals surface area (Å²) in [5, 5.41) is 28.4. The third kappa shape index (κ3) is 9.32. The molecule has 1 atom stereocenters. The Kier molecular flexibility index (Phi) is 10.1. The minimum absolute atomic E-state index is 0.0184. The van der Waals surface area contributed by atoms with Crippen LogP contribution in [0, 0.1) is 5.41 Å². The number of carbonyl (C=O) groups is 4. The van der Waals surface area contributed by atoms with Crippen molar-refractivity contribution >= 4 is 35.4 Å². The smallest absolute Gasteiger partial charge is 0.372 e. The fourth-order valence-electron chi connectivity index (χ4n) is 3.20. The van der Waals surface area contributed by atoms with Crippen molar-refractivity contribution in [3.05, 3.63) is 64.7 Å². The monoisotopic (exact) mass is 512 g/mol. The molecule has 0 aromatic heterocycles. The molecule has 13 nitrogen and oxygen atoms in total. The molecule has 1 unspecified atom stereocenters. The van der Waals surface area contributed by atoms with Gasteiger partial charge in [-0.1, -0.05) is 24.3 Å². The number of amides is 1. The topological polar surface area (TPSA) is 244 Å². The molecule has 2 aromatic rings. The quantitative estimate of drug-likeness (QED) is 0.101. The highest BCUT2D eigenvalue weighted by Crippen LogP contribution is 2.22. The standard InChI is InChI=1S/C24H28N6O7/c25-21(26)15-5-4-14(9-18(31)23(35)36)19(10-15)37-12-17(6-7-20(32)33)30-22(34)16-3-1-2-13(8-16)11-29-24(27)28/h1-5,8,10,17H,6-7,9,11-12H2,(H3,25,26)(H,30,34)(H,32,33)(H,35,36)(H4,27,28,29). The van der Waals surface area contributed by atoms with Gasteiger partial charge in [0.2, 0.25) is 5.78 Å². The Morgan fingerprint density at radius 2 is 1.76 bits per heavy atom. The van der Waals surface area contributed by atoms with Crippen LogP contribution in [0.4, 0.5) is 0 Å². The molecule has 1 amide bonds. The molecule has 0 heterocycles. The lowest BCUT2D eigenvalue weighted by atomic mass is 10.0. The number of aliphatic imine (C=N–C) groups is 1. The molecule has 0 aliphatic carbocycles. The van der Waals surface area contributed by atoms with E-state index in [1.165, 1.54) is 18.2 Å². The molecule has 0 saturated carbocycles. The van der Waals surface area contributed by atoms with E-state index in [1.807, 2.05) is 0 Å². The molecule has 196 valence electrons. The van der Waals surface area contributed by atoms with Crippen LogP contribution in [0.15, 0.2) is 47.5 Å². The highest BCUT2D eigenvalue weighted by atomic mass is 16.5. The second kappa shape index (κ2) is 13.2. The fraction of sp³-hybridized carbons (Fsp3) is 0.250. The number of amidine groups is 1. The SMILES string of the molecule is N=C(N)c1ccc(CC(=O)C(=O)O)c(OCC(CCC(=O)O)NC(=O)c2cccc(CN=C(N)N)c2)c1. The third-order valence-corrected chi connectivity index (χ3v) is 5.08. The van der Waals surface area contributed by atoms with Crippen molar-refractivity contribution in [2.75, 3.05) is 6.61 Å². The number of hydrogen-bond donors (Lipinski definition) is 7. The average molecular weight is 513 g/mol. The van der Waals surface area contributed by atoms with Crippen molar-refractivity contribution in [3.63, 3.8) is 0 Å². The first kappa shape index (κ1) is 28.3. The molecule has 2 rings (SSSR count). The number of carboxylic acid groups (broad SMARTS) is 2. The van der Waals surface area contributed by atoms with Gasteiger partial charge in [0.25, 0.3) is 5.91 Å². The number of carboxylic acids is 2. The van der Waals surface area contributed by atoms with Crippen LogP contribution < -0.4 is 27.3 Å². The van der Waals surface area contributed by atoms with E-state index in [1.54, 1.807) is 24.3 Å². The third-order valence-electron chi connectivity index (χ3n) is 5.08. The number of ether oxygens (including phenoxy) is 1. The van der Waals surface area contributed by atoms with Crippen LogP contribution in [-0.4, -0.2) is 58.3 Å². The molecular weight excluding hydrogens is 484 g/mol. The van der Waals surface area contributed by atoms with E-state index < -0.39 is 36.1 Å². The van der Waals surface area contributed by atoms with Crippen molar-refractivity contribution in [3.8, 4) is 5.75 Å². The van der Waals surface area contributed by atoms with E-state index in [0.29, 0.717) is 5.56 Å². The zero-order chi connectivity index (χ0) is 27.5. The summed E-state index contributed by atoms with van der Waals surface area (Å²) < 4.78 is 5.78. The predicted molar refractivity (Wildman–Crippen MR) is 133 cm³/mol. The van der Waals surface area contributed by atoms with Crippen LogP contribution in [0.1, 0.15) is 39.9 Å². The molecule has 13 heteroatoms.